The second-order valence-electron chi connectivity index (χ2n) is 8.41. The second-order valence-corrected chi connectivity index (χ2v) is 10.0. The molecule has 0 aromatic heterocycles. The van der Waals surface area contributed by atoms with Gasteiger partial charge in [-0.25, -0.2) is 8.42 Å². The normalized spacial score (nSPS) is 16.1. The van der Waals surface area contributed by atoms with Crippen LogP contribution >= 0.6 is 0 Å². The minimum absolute atomic E-state index is 0.0859. The van der Waals surface area contributed by atoms with Gasteiger partial charge < -0.3 is 9.64 Å². The number of nitrogens with one attached hydrogen (secondary N) is 1. The lowest BCUT2D eigenvalue weighted by Gasteiger charge is -2.24. The fourth-order valence-corrected chi connectivity index (χ4v) is 5.31. The van der Waals surface area contributed by atoms with Crippen molar-refractivity contribution in [3.05, 3.63) is 46.5 Å². The summed E-state index contributed by atoms with van der Waals surface area (Å²) in [4.78, 5) is 14.5. The minimum atomic E-state index is -3.80. The number of rotatable bonds is 3. The van der Waals surface area contributed by atoms with Crippen LogP contribution in [-0.4, -0.2) is 28.0 Å². The van der Waals surface area contributed by atoms with E-state index in [0.717, 1.165) is 22.3 Å². The van der Waals surface area contributed by atoms with Gasteiger partial charge in [-0.3, -0.25) is 9.52 Å². The number of amides is 1. The number of carbonyl (C=O) groups excluding carboxylic acids is 1. The monoisotopic (exact) mass is 416 g/mol. The molecule has 156 valence electrons. The highest BCUT2D eigenvalue weighted by molar-refractivity contribution is 7.92. The van der Waals surface area contributed by atoms with Crippen LogP contribution in [0, 0.1) is 33.1 Å². The van der Waals surface area contributed by atoms with Crippen LogP contribution in [0.2, 0.25) is 0 Å². The third-order valence-corrected chi connectivity index (χ3v) is 7.26. The summed E-state index contributed by atoms with van der Waals surface area (Å²) in [6.07, 6.45) is 0. The third-order valence-electron chi connectivity index (χ3n) is 5.61. The number of fused-ring (bicyclic) bond motifs is 1. The second kappa shape index (κ2) is 7.06. The predicted octanol–water partition coefficient (Wildman–Crippen LogP) is 4.10. The Morgan fingerprint density at radius 2 is 1.62 bits per heavy atom. The van der Waals surface area contributed by atoms with Gasteiger partial charge in [0.25, 0.3) is 10.0 Å². The zero-order chi connectivity index (χ0) is 21.7. The summed E-state index contributed by atoms with van der Waals surface area (Å²) in [6, 6.07) is 6.98. The molecule has 1 aliphatic rings. The SMILES string of the molecule is Cc1cc(C)c(C)c(S(=O)(=O)Nc2ccc3c(c2)N(C)C(=O)C(C)(C)CO3)c1C. The van der Waals surface area contributed by atoms with Crippen LogP contribution in [0.5, 0.6) is 5.75 Å². The Bertz CT molecular complexity index is 1080. The van der Waals surface area contributed by atoms with E-state index in [1.54, 1.807) is 25.2 Å². The average Bonchev–Trinajstić information content (AvgIpc) is 2.71. The first-order valence-corrected chi connectivity index (χ1v) is 11.0. The maximum Gasteiger partial charge on any atom is 0.262 e. The van der Waals surface area contributed by atoms with Gasteiger partial charge in [-0.15, -0.1) is 0 Å². The number of sulfonamides is 1. The molecule has 0 saturated heterocycles. The molecule has 7 heteroatoms. The maximum atomic E-state index is 13.2. The zero-order valence-electron chi connectivity index (χ0n) is 18.0. The molecule has 0 saturated carbocycles. The van der Waals surface area contributed by atoms with Crippen LogP contribution in [0.3, 0.4) is 0 Å². The van der Waals surface area contributed by atoms with Crippen molar-refractivity contribution in [2.75, 3.05) is 23.3 Å². The largest absolute Gasteiger partial charge is 0.490 e. The number of hydrogen-bond acceptors (Lipinski definition) is 4. The lowest BCUT2D eigenvalue weighted by atomic mass is 9.93. The first-order chi connectivity index (χ1) is 13.3. The molecule has 1 N–H and O–H groups in total. The number of benzene rings is 2. The molecule has 29 heavy (non-hydrogen) atoms. The number of aryl methyl sites for hydroxylation is 2. The highest BCUT2D eigenvalue weighted by Gasteiger charge is 2.36. The van der Waals surface area contributed by atoms with E-state index < -0.39 is 15.4 Å². The van der Waals surface area contributed by atoms with Crippen molar-refractivity contribution in [1.29, 1.82) is 0 Å². The van der Waals surface area contributed by atoms with Crippen LogP contribution in [0.4, 0.5) is 11.4 Å². The van der Waals surface area contributed by atoms with Gasteiger partial charge in [0.2, 0.25) is 5.91 Å². The molecule has 1 amide bonds. The van der Waals surface area contributed by atoms with E-state index in [4.69, 9.17) is 4.74 Å². The van der Waals surface area contributed by atoms with E-state index in [1.165, 1.54) is 4.90 Å². The van der Waals surface area contributed by atoms with Gasteiger partial charge in [0.1, 0.15) is 12.4 Å². The molecule has 0 radical (unpaired) electrons. The summed E-state index contributed by atoms with van der Waals surface area (Å²) in [6.45, 7) is 11.4. The topological polar surface area (TPSA) is 75.7 Å². The van der Waals surface area contributed by atoms with Crippen molar-refractivity contribution >= 4 is 27.3 Å². The van der Waals surface area contributed by atoms with E-state index in [9.17, 15) is 13.2 Å². The molecule has 0 spiro atoms. The van der Waals surface area contributed by atoms with Gasteiger partial charge in [0, 0.05) is 7.05 Å². The third kappa shape index (κ3) is 3.71. The number of hydrogen-bond donors (Lipinski definition) is 1. The van der Waals surface area contributed by atoms with Crippen molar-refractivity contribution in [3.8, 4) is 5.75 Å². The van der Waals surface area contributed by atoms with E-state index in [1.807, 2.05) is 47.6 Å². The number of ether oxygens (including phenoxy) is 1. The fraction of sp³-hybridized carbons (Fsp3) is 0.409. The minimum Gasteiger partial charge on any atom is -0.490 e. The van der Waals surface area contributed by atoms with Crippen molar-refractivity contribution < 1.29 is 17.9 Å². The van der Waals surface area contributed by atoms with E-state index in [2.05, 4.69) is 4.72 Å². The standard InChI is InChI=1S/C22H28N2O4S/c1-13-10-14(2)16(4)20(15(13)3)29(26,27)23-17-8-9-19-18(11-17)24(7)21(25)22(5,6)12-28-19/h8-11,23H,12H2,1-7H3. The van der Waals surface area contributed by atoms with E-state index >= 15 is 0 Å². The molecule has 0 unspecified atom stereocenters. The first-order valence-electron chi connectivity index (χ1n) is 9.50. The smallest absolute Gasteiger partial charge is 0.262 e. The summed E-state index contributed by atoms with van der Waals surface area (Å²) in [5.74, 6) is 0.463. The summed E-state index contributed by atoms with van der Waals surface area (Å²) in [7, 11) is -2.13. The number of carbonyl (C=O) groups is 1. The molecule has 2 aromatic carbocycles. The average molecular weight is 417 g/mol. The lowest BCUT2D eigenvalue weighted by Crippen LogP contribution is -2.39. The van der Waals surface area contributed by atoms with Crippen LogP contribution in [0.15, 0.2) is 29.2 Å². The van der Waals surface area contributed by atoms with Crippen LogP contribution < -0.4 is 14.4 Å². The van der Waals surface area contributed by atoms with Gasteiger partial charge in [-0.2, -0.15) is 0 Å². The van der Waals surface area contributed by atoms with Gasteiger partial charge in [0.15, 0.2) is 0 Å². The van der Waals surface area contributed by atoms with Crippen molar-refractivity contribution in [2.24, 2.45) is 5.41 Å². The van der Waals surface area contributed by atoms with Gasteiger partial charge in [-0.1, -0.05) is 6.07 Å². The fourth-order valence-electron chi connectivity index (χ4n) is 3.64. The summed E-state index contributed by atoms with van der Waals surface area (Å²) < 4.78 is 34.9. The first kappa shape index (κ1) is 21.2. The van der Waals surface area contributed by atoms with E-state index in [0.29, 0.717) is 22.0 Å². The highest BCUT2D eigenvalue weighted by atomic mass is 32.2. The summed E-state index contributed by atoms with van der Waals surface area (Å²) in [5.41, 5.74) is 3.56. The Morgan fingerprint density at radius 3 is 2.21 bits per heavy atom. The molecular weight excluding hydrogens is 388 g/mol. The molecule has 1 aliphatic heterocycles. The van der Waals surface area contributed by atoms with Gasteiger partial charge in [0.05, 0.1) is 21.7 Å². The molecule has 0 fully saturated rings. The Hall–Kier alpha value is -2.54. The molecule has 2 aromatic rings. The molecule has 3 rings (SSSR count). The number of anilines is 2. The number of nitrogens with zero attached hydrogens (tertiary/aromatic N) is 1. The molecule has 1 heterocycles. The lowest BCUT2D eigenvalue weighted by molar-refractivity contribution is -0.127. The van der Waals surface area contributed by atoms with Gasteiger partial charge >= 0.3 is 0 Å². The van der Waals surface area contributed by atoms with Crippen LogP contribution in [-0.2, 0) is 14.8 Å². The van der Waals surface area contributed by atoms with Crippen molar-refractivity contribution in [3.63, 3.8) is 0 Å². The Balaban J connectivity index is 2.03. The molecular formula is C22H28N2O4S. The molecule has 0 bridgehead atoms. The Labute approximate surface area is 172 Å². The van der Waals surface area contributed by atoms with E-state index in [-0.39, 0.29) is 12.5 Å². The van der Waals surface area contributed by atoms with Gasteiger partial charge in [-0.05, 0) is 82.0 Å². The van der Waals surface area contributed by atoms with Crippen molar-refractivity contribution in [2.45, 2.75) is 46.4 Å². The Morgan fingerprint density at radius 1 is 1.03 bits per heavy atom. The maximum absolute atomic E-state index is 13.2. The quantitative estimate of drug-likeness (QED) is 0.817. The van der Waals surface area contributed by atoms with Crippen LogP contribution in [0.1, 0.15) is 36.1 Å². The Kier molecular flexibility index (Phi) is 5.15. The zero-order valence-corrected chi connectivity index (χ0v) is 18.8. The highest BCUT2D eigenvalue weighted by Crippen LogP contribution is 2.38. The molecule has 6 nitrogen and oxygen atoms in total. The predicted molar refractivity (Wildman–Crippen MR) is 115 cm³/mol. The van der Waals surface area contributed by atoms with Crippen LogP contribution in [0.25, 0.3) is 0 Å². The summed E-state index contributed by atoms with van der Waals surface area (Å²) in [5, 5.41) is 0. The molecule has 0 aliphatic carbocycles. The molecule has 0 atom stereocenters. The van der Waals surface area contributed by atoms with Crippen molar-refractivity contribution in [1.82, 2.24) is 0 Å². The summed E-state index contributed by atoms with van der Waals surface area (Å²) >= 11 is 0.